The Morgan fingerprint density at radius 1 is 1.20 bits per heavy atom. The highest BCUT2D eigenvalue weighted by molar-refractivity contribution is 7.89. The number of hydrogen-bond acceptors (Lipinski definition) is 5. The van der Waals surface area contributed by atoms with Gasteiger partial charge in [0.1, 0.15) is 0 Å². The molecule has 0 aliphatic carbocycles. The van der Waals surface area contributed by atoms with Crippen LogP contribution >= 0.6 is 0 Å². The predicted molar refractivity (Wildman–Crippen MR) is 78.0 cm³/mol. The minimum atomic E-state index is -3.71. The summed E-state index contributed by atoms with van der Waals surface area (Å²) in [4.78, 5) is 0.121. The minimum Gasteiger partial charge on any atom is -0.399 e. The Morgan fingerprint density at radius 3 is 2.40 bits per heavy atom. The van der Waals surface area contributed by atoms with Crippen molar-refractivity contribution in [2.75, 3.05) is 18.0 Å². The molecule has 9 heteroatoms. The van der Waals surface area contributed by atoms with Gasteiger partial charge in [-0.1, -0.05) is 13.0 Å². The van der Waals surface area contributed by atoms with E-state index in [0.29, 0.717) is 17.7 Å². The van der Waals surface area contributed by atoms with Crippen molar-refractivity contribution in [1.29, 1.82) is 0 Å². The molecule has 7 nitrogen and oxygen atoms in total. The zero-order chi connectivity index (χ0) is 15.4. The SMILES string of the molecule is CCc1ccc(N)cc1S(=O)(=O)NCCCS(N)(=O)=O. The molecule has 20 heavy (non-hydrogen) atoms. The van der Waals surface area contributed by atoms with Crippen molar-refractivity contribution >= 4 is 25.7 Å². The Hall–Kier alpha value is -1.16. The number of benzene rings is 1. The summed E-state index contributed by atoms with van der Waals surface area (Å²) >= 11 is 0. The summed E-state index contributed by atoms with van der Waals surface area (Å²) < 4.78 is 48.1. The van der Waals surface area contributed by atoms with Crippen molar-refractivity contribution < 1.29 is 16.8 Å². The molecule has 0 aliphatic rings. The van der Waals surface area contributed by atoms with Crippen molar-refractivity contribution in [3.63, 3.8) is 0 Å². The van der Waals surface area contributed by atoms with Crippen molar-refractivity contribution in [3.05, 3.63) is 23.8 Å². The standard InChI is InChI=1S/C11H19N3O4S2/c1-2-9-4-5-10(12)8-11(9)20(17,18)14-6-3-7-19(13,15)16/h4-5,8,14H,2-3,6-7,12H2,1H3,(H2,13,15,16). The van der Waals surface area contributed by atoms with E-state index in [9.17, 15) is 16.8 Å². The van der Waals surface area contributed by atoms with Gasteiger partial charge < -0.3 is 5.73 Å². The average molecular weight is 321 g/mol. The molecule has 0 amide bonds. The van der Waals surface area contributed by atoms with Crippen LogP contribution in [0.1, 0.15) is 18.9 Å². The maximum atomic E-state index is 12.1. The van der Waals surface area contributed by atoms with Crippen molar-refractivity contribution in [2.45, 2.75) is 24.7 Å². The zero-order valence-corrected chi connectivity index (χ0v) is 12.8. The zero-order valence-electron chi connectivity index (χ0n) is 11.2. The molecule has 0 unspecified atom stereocenters. The number of primary sulfonamides is 1. The molecule has 0 spiro atoms. The number of hydrogen-bond donors (Lipinski definition) is 3. The fourth-order valence-corrected chi connectivity index (χ4v) is 3.64. The summed E-state index contributed by atoms with van der Waals surface area (Å²) in [5.74, 6) is -0.271. The number of nitrogen functional groups attached to an aromatic ring is 1. The van der Waals surface area contributed by atoms with Crippen LogP contribution in [-0.4, -0.2) is 29.1 Å². The number of rotatable bonds is 7. The van der Waals surface area contributed by atoms with E-state index in [1.54, 1.807) is 12.1 Å². The Bertz CT molecular complexity index is 669. The highest BCUT2D eigenvalue weighted by Gasteiger charge is 2.17. The molecule has 0 aliphatic heterocycles. The van der Waals surface area contributed by atoms with Crippen LogP contribution in [-0.2, 0) is 26.5 Å². The molecular weight excluding hydrogens is 302 g/mol. The van der Waals surface area contributed by atoms with E-state index < -0.39 is 20.0 Å². The average Bonchev–Trinajstić information content (AvgIpc) is 2.33. The van der Waals surface area contributed by atoms with Crippen molar-refractivity contribution in [1.82, 2.24) is 4.72 Å². The van der Waals surface area contributed by atoms with E-state index >= 15 is 0 Å². The lowest BCUT2D eigenvalue weighted by Gasteiger charge is -2.11. The second kappa shape index (κ2) is 6.53. The van der Waals surface area contributed by atoms with Crippen LogP contribution in [0.25, 0.3) is 0 Å². The summed E-state index contributed by atoms with van der Waals surface area (Å²) in [5.41, 5.74) is 6.61. The molecule has 0 aromatic heterocycles. The van der Waals surface area contributed by atoms with Gasteiger partial charge in [0.15, 0.2) is 0 Å². The first-order valence-electron chi connectivity index (χ1n) is 6.04. The monoisotopic (exact) mass is 321 g/mol. The lowest BCUT2D eigenvalue weighted by Crippen LogP contribution is -2.28. The van der Waals surface area contributed by atoms with Gasteiger partial charge in [0, 0.05) is 12.2 Å². The third-order valence-corrected chi connectivity index (χ3v) is 5.06. The first-order chi connectivity index (χ1) is 9.15. The molecule has 0 bridgehead atoms. The van der Waals surface area contributed by atoms with Crippen LogP contribution in [0.2, 0.25) is 0 Å². The van der Waals surface area contributed by atoms with Gasteiger partial charge in [-0.25, -0.2) is 26.7 Å². The second-order valence-corrected chi connectivity index (χ2v) is 7.81. The Kier molecular flexibility index (Phi) is 5.51. The molecule has 1 aromatic carbocycles. The number of nitrogens with one attached hydrogen (secondary N) is 1. The van der Waals surface area contributed by atoms with Crippen LogP contribution in [0, 0.1) is 0 Å². The van der Waals surface area contributed by atoms with Gasteiger partial charge in [-0.15, -0.1) is 0 Å². The Balaban J connectivity index is 2.81. The van der Waals surface area contributed by atoms with Gasteiger partial charge in [-0.3, -0.25) is 0 Å². The largest absolute Gasteiger partial charge is 0.399 e. The van der Waals surface area contributed by atoms with Gasteiger partial charge in [-0.05, 0) is 30.5 Å². The normalized spacial score (nSPS) is 12.5. The summed E-state index contributed by atoms with van der Waals surface area (Å²) in [7, 11) is -7.29. The predicted octanol–water partition coefficient (Wildman–Crippen LogP) is -0.212. The molecule has 0 fully saturated rings. The van der Waals surface area contributed by atoms with Crippen LogP contribution < -0.4 is 15.6 Å². The third-order valence-electron chi connectivity index (χ3n) is 2.66. The number of anilines is 1. The van der Waals surface area contributed by atoms with Crippen LogP contribution in [0.3, 0.4) is 0 Å². The molecule has 0 atom stereocenters. The van der Waals surface area contributed by atoms with Crippen LogP contribution in [0.15, 0.2) is 23.1 Å². The third kappa shape index (κ3) is 5.08. The lowest BCUT2D eigenvalue weighted by atomic mass is 10.1. The molecule has 5 N–H and O–H groups in total. The summed E-state index contributed by atoms with van der Waals surface area (Å²) in [6.07, 6.45) is 0.662. The molecule has 1 rings (SSSR count). The molecule has 0 heterocycles. The fourth-order valence-electron chi connectivity index (χ4n) is 1.67. The van der Waals surface area contributed by atoms with Crippen molar-refractivity contribution in [2.24, 2.45) is 5.14 Å². The van der Waals surface area contributed by atoms with Gasteiger partial charge in [0.2, 0.25) is 20.0 Å². The Labute approximate surface area is 119 Å². The quantitative estimate of drug-likeness (QED) is 0.472. The van der Waals surface area contributed by atoms with Crippen LogP contribution in [0.5, 0.6) is 0 Å². The maximum absolute atomic E-state index is 12.1. The number of sulfonamides is 2. The molecule has 114 valence electrons. The minimum absolute atomic E-state index is 0.00326. The van der Waals surface area contributed by atoms with Crippen molar-refractivity contribution in [3.8, 4) is 0 Å². The first kappa shape index (κ1) is 16.9. The smallest absolute Gasteiger partial charge is 0.240 e. The second-order valence-electron chi connectivity index (χ2n) is 4.34. The molecule has 1 aromatic rings. The lowest BCUT2D eigenvalue weighted by molar-refractivity contribution is 0.575. The summed E-state index contributed by atoms with van der Waals surface area (Å²) in [6, 6.07) is 4.69. The highest BCUT2D eigenvalue weighted by Crippen LogP contribution is 2.19. The molecule has 0 saturated carbocycles. The first-order valence-corrected chi connectivity index (χ1v) is 9.24. The Morgan fingerprint density at radius 2 is 1.85 bits per heavy atom. The van der Waals surface area contributed by atoms with Gasteiger partial charge in [0.25, 0.3) is 0 Å². The van der Waals surface area contributed by atoms with E-state index in [1.807, 2.05) is 6.92 Å². The van der Waals surface area contributed by atoms with E-state index in [4.69, 9.17) is 10.9 Å². The van der Waals surface area contributed by atoms with Gasteiger partial charge >= 0.3 is 0 Å². The van der Waals surface area contributed by atoms with E-state index in [2.05, 4.69) is 4.72 Å². The number of nitrogens with two attached hydrogens (primary N) is 2. The summed E-state index contributed by atoms with van der Waals surface area (Å²) in [5, 5.41) is 4.84. The van der Waals surface area contributed by atoms with Gasteiger partial charge in [0.05, 0.1) is 10.6 Å². The number of aryl methyl sites for hydroxylation is 1. The van der Waals surface area contributed by atoms with E-state index in [0.717, 1.165) is 0 Å². The van der Waals surface area contributed by atoms with E-state index in [1.165, 1.54) is 6.07 Å². The maximum Gasteiger partial charge on any atom is 0.240 e. The fraction of sp³-hybridized carbons (Fsp3) is 0.455. The molecule has 0 radical (unpaired) electrons. The van der Waals surface area contributed by atoms with Gasteiger partial charge in [-0.2, -0.15) is 0 Å². The molecule has 0 saturated heterocycles. The topological polar surface area (TPSA) is 132 Å². The highest BCUT2D eigenvalue weighted by atomic mass is 32.2. The van der Waals surface area contributed by atoms with Crippen LogP contribution in [0.4, 0.5) is 5.69 Å². The molecular formula is C11H19N3O4S2. The summed E-state index contributed by atoms with van der Waals surface area (Å²) in [6.45, 7) is 1.84. The van der Waals surface area contributed by atoms with E-state index in [-0.39, 0.29) is 23.6 Å².